The van der Waals surface area contributed by atoms with Crippen molar-refractivity contribution in [1.82, 2.24) is 20.2 Å². The molecule has 0 saturated heterocycles. The average molecular weight is 354 g/mol. The first-order chi connectivity index (χ1) is 11.0. The number of hydrogen-bond acceptors (Lipinski definition) is 5. The lowest BCUT2D eigenvalue weighted by Gasteiger charge is -2.12. The van der Waals surface area contributed by atoms with Gasteiger partial charge in [-0.3, -0.25) is 4.72 Å². The zero-order chi connectivity index (χ0) is 16.4. The summed E-state index contributed by atoms with van der Waals surface area (Å²) in [7, 11) is -4.00. The van der Waals surface area contributed by atoms with E-state index in [9.17, 15) is 12.8 Å². The third kappa shape index (κ3) is 3.15. The highest BCUT2D eigenvalue weighted by molar-refractivity contribution is 7.92. The van der Waals surface area contributed by atoms with Crippen LogP contribution in [0.1, 0.15) is 0 Å². The summed E-state index contributed by atoms with van der Waals surface area (Å²) in [5.74, 6) is -0.622. The zero-order valence-corrected chi connectivity index (χ0v) is 13.0. The van der Waals surface area contributed by atoms with Gasteiger partial charge in [-0.15, -0.1) is 5.10 Å². The van der Waals surface area contributed by atoms with Crippen LogP contribution in [-0.4, -0.2) is 28.6 Å². The lowest BCUT2D eigenvalue weighted by molar-refractivity contribution is 0.599. The number of para-hydroxylation sites is 2. The van der Waals surface area contributed by atoms with Crippen LogP contribution in [0.3, 0.4) is 0 Å². The number of nitrogens with zero attached hydrogens (tertiary/aromatic N) is 4. The van der Waals surface area contributed by atoms with E-state index in [0.717, 1.165) is 18.2 Å². The number of anilines is 1. The van der Waals surface area contributed by atoms with Gasteiger partial charge >= 0.3 is 0 Å². The van der Waals surface area contributed by atoms with E-state index in [1.165, 1.54) is 11.0 Å². The van der Waals surface area contributed by atoms with Gasteiger partial charge in [0.25, 0.3) is 10.0 Å². The predicted octanol–water partition coefficient (Wildman–Crippen LogP) is 2.26. The summed E-state index contributed by atoms with van der Waals surface area (Å²) in [5.41, 5.74) is 0.680. The molecule has 118 valence electrons. The number of hydrogen-bond donors (Lipinski definition) is 1. The van der Waals surface area contributed by atoms with Crippen molar-refractivity contribution in [2.75, 3.05) is 4.72 Å². The average Bonchev–Trinajstić information content (AvgIpc) is 3.01. The van der Waals surface area contributed by atoms with Crippen LogP contribution in [0.4, 0.5) is 10.1 Å². The molecule has 2 aromatic carbocycles. The molecule has 0 spiro atoms. The Morgan fingerprint density at radius 2 is 1.96 bits per heavy atom. The Balaban J connectivity index is 2.02. The summed E-state index contributed by atoms with van der Waals surface area (Å²) in [6.45, 7) is 0. The number of rotatable bonds is 4. The van der Waals surface area contributed by atoms with E-state index in [1.807, 2.05) is 0 Å². The number of aromatic nitrogens is 4. The number of halogens is 2. The molecule has 3 rings (SSSR count). The molecular weight excluding hydrogens is 345 g/mol. The lowest BCUT2D eigenvalue weighted by Crippen LogP contribution is -2.15. The topological polar surface area (TPSA) is 89.8 Å². The highest BCUT2D eigenvalue weighted by Crippen LogP contribution is 2.26. The highest BCUT2D eigenvalue weighted by Gasteiger charge is 2.20. The van der Waals surface area contributed by atoms with Gasteiger partial charge in [0.15, 0.2) is 0 Å². The Labute approximate surface area is 135 Å². The Bertz CT molecular complexity index is 947. The minimum Gasteiger partial charge on any atom is -0.277 e. The lowest BCUT2D eigenvalue weighted by atomic mass is 10.3. The monoisotopic (exact) mass is 353 g/mol. The smallest absolute Gasteiger partial charge is 0.263 e. The van der Waals surface area contributed by atoms with Gasteiger partial charge in [-0.05, 0) is 40.8 Å². The molecular formula is C13H9ClFN5O2S. The maximum atomic E-state index is 13.1. The van der Waals surface area contributed by atoms with Crippen LogP contribution < -0.4 is 4.72 Å². The molecule has 3 aromatic rings. The second-order valence-corrected chi connectivity index (χ2v) is 6.51. The summed E-state index contributed by atoms with van der Waals surface area (Å²) in [6.07, 6.45) is 1.33. The van der Waals surface area contributed by atoms with Gasteiger partial charge in [0.05, 0.1) is 16.4 Å². The van der Waals surface area contributed by atoms with E-state index in [-0.39, 0.29) is 15.6 Å². The van der Waals surface area contributed by atoms with E-state index in [4.69, 9.17) is 11.6 Å². The minimum atomic E-state index is -4.00. The van der Waals surface area contributed by atoms with Crippen molar-refractivity contribution in [3.63, 3.8) is 0 Å². The predicted molar refractivity (Wildman–Crippen MR) is 81.4 cm³/mol. The Morgan fingerprint density at radius 1 is 1.17 bits per heavy atom. The van der Waals surface area contributed by atoms with Crippen molar-refractivity contribution in [3.05, 3.63) is 59.6 Å². The van der Waals surface area contributed by atoms with Gasteiger partial charge in [-0.25, -0.2) is 12.8 Å². The van der Waals surface area contributed by atoms with Crippen LogP contribution in [0, 0.1) is 5.82 Å². The maximum absolute atomic E-state index is 13.1. The molecule has 1 aromatic heterocycles. The van der Waals surface area contributed by atoms with E-state index >= 15 is 0 Å². The van der Waals surface area contributed by atoms with E-state index in [0.29, 0.717) is 5.69 Å². The summed E-state index contributed by atoms with van der Waals surface area (Å²) < 4.78 is 41.8. The molecule has 0 bridgehead atoms. The van der Waals surface area contributed by atoms with Crippen molar-refractivity contribution in [1.29, 1.82) is 0 Å². The van der Waals surface area contributed by atoms with Gasteiger partial charge in [-0.2, -0.15) is 4.68 Å². The van der Waals surface area contributed by atoms with Gasteiger partial charge < -0.3 is 0 Å². The quantitative estimate of drug-likeness (QED) is 0.777. The van der Waals surface area contributed by atoms with Crippen molar-refractivity contribution < 1.29 is 12.8 Å². The molecule has 0 saturated carbocycles. The SMILES string of the molecule is O=S(=O)(Nc1ccccc1-n1cnnn1)c1ccc(F)cc1Cl. The van der Waals surface area contributed by atoms with Crippen LogP contribution in [0.5, 0.6) is 0 Å². The first kappa shape index (κ1) is 15.4. The molecule has 0 radical (unpaired) electrons. The summed E-state index contributed by atoms with van der Waals surface area (Å²) in [4.78, 5) is -0.230. The number of nitrogens with one attached hydrogen (secondary N) is 1. The van der Waals surface area contributed by atoms with Crippen LogP contribution in [0.2, 0.25) is 5.02 Å². The zero-order valence-electron chi connectivity index (χ0n) is 11.4. The molecule has 0 amide bonds. The van der Waals surface area contributed by atoms with Gasteiger partial charge in [-0.1, -0.05) is 23.7 Å². The minimum absolute atomic E-state index is 0.211. The maximum Gasteiger partial charge on any atom is 0.263 e. The highest BCUT2D eigenvalue weighted by atomic mass is 35.5. The Kier molecular flexibility index (Phi) is 3.97. The fraction of sp³-hybridized carbons (Fsp3) is 0. The largest absolute Gasteiger partial charge is 0.277 e. The van der Waals surface area contributed by atoms with Gasteiger partial charge in [0, 0.05) is 0 Å². The van der Waals surface area contributed by atoms with Crippen molar-refractivity contribution in [2.24, 2.45) is 0 Å². The third-order valence-electron chi connectivity index (χ3n) is 2.93. The molecule has 23 heavy (non-hydrogen) atoms. The van der Waals surface area contributed by atoms with Crippen LogP contribution >= 0.6 is 11.6 Å². The molecule has 0 atom stereocenters. The number of sulfonamides is 1. The van der Waals surface area contributed by atoms with Crippen LogP contribution in [-0.2, 0) is 10.0 Å². The number of tetrazole rings is 1. The summed E-state index contributed by atoms with van der Waals surface area (Å²) in [5, 5.41) is 10.5. The first-order valence-electron chi connectivity index (χ1n) is 6.27. The second-order valence-electron chi connectivity index (χ2n) is 4.45. The molecule has 0 unspecified atom stereocenters. The van der Waals surface area contributed by atoms with Gasteiger partial charge in [0.2, 0.25) is 0 Å². The van der Waals surface area contributed by atoms with Crippen molar-refractivity contribution in [2.45, 2.75) is 4.90 Å². The molecule has 1 heterocycles. The molecule has 7 nitrogen and oxygen atoms in total. The normalized spacial score (nSPS) is 11.4. The summed E-state index contributed by atoms with van der Waals surface area (Å²) >= 11 is 5.82. The molecule has 0 aliphatic rings. The van der Waals surface area contributed by atoms with E-state index in [1.54, 1.807) is 24.3 Å². The van der Waals surface area contributed by atoms with Crippen LogP contribution in [0.25, 0.3) is 5.69 Å². The fourth-order valence-electron chi connectivity index (χ4n) is 1.92. The second kappa shape index (κ2) is 5.94. The third-order valence-corrected chi connectivity index (χ3v) is 4.78. The first-order valence-corrected chi connectivity index (χ1v) is 8.14. The molecule has 0 aliphatic heterocycles. The standard InChI is InChI=1S/C13H9ClFN5O2S/c14-10-7-9(15)5-6-13(10)23(21,22)17-11-3-1-2-4-12(11)20-8-16-18-19-20/h1-8,17H. The molecule has 10 heteroatoms. The van der Waals surface area contributed by atoms with Crippen molar-refractivity contribution >= 4 is 27.3 Å². The Hall–Kier alpha value is -2.52. The molecule has 0 aliphatic carbocycles. The van der Waals surface area contributed by atoms with E-state index in [2.05, 4.69) is 20.2 Å². The molecule has 0 fully saturated rings. The van der Waals surface area contributed by atoms with Crippen LogP contribution in [0.15, 0.2) is 53.7 Å². The summed E-state index contributed by atoms with van der Waals surface area (Å²) in [6, 6.07) is 9.60. The Morgan fingerprint density at radius 3 is 2.65 bits per heavy atom. The van der Waals surface area contributed by atoms with Gasteiger partial charge in [0.1, 0.15) is 17.0 Å². The van der Waals surface area contributed by atoms with E-state index < -0.39 is 15.8 Å². The molecule has 1 N–H and O–H groups in total. The number of benzene rings is 2. The van der Waals surface area contributed by atoms with Crippen molar-refractivity contribution in [3.8, 4) is 5.69 Å². The fourth-order valence-corrected chi connectivity index (χ4v) is 3.53.